The Balaban J connectivity index is 3.07. The molecule has 0 aromatic heterocycles. The van der Waals surface area contributed by atoms with E-state index >= 15 is 0 Å². The van der Waals surface area contributed by atoms with Crippen LogP contribution in [0.25, 0.3) is 0 Å². The molecule has 1 aromatic carbocycles. The lowest BCUT2D eigenvalue weighted by Crippen LogP contribution is -2.30. The smallest absolute Gasteiger partial charge is 0.123 e. The van der Waals surface area contributed by atoms with Gasteiger partial charge in [-0.2, -0.15) is 0 Å². The fourth-order valence-electron chi connectivity index (χ4n) is 2.48. The fourth-order valence-corrected chi connectivity index (χ4v) is 2.48. The Labute approximate surface area is 123 Å². The van der Waals surface area contributed by atoms with Gasteiger partial charge < -0.3 is 10.2 Å². The molecule has 0 fully saturated rings. The molecule has 0 amide bonds. The lowest BCUT2D eigenvalue weighted by atomic mass is 10.0. The summed E-state index contributed by atoms with van der Waals surface area (Å²) in [6.07, 6.45) is 1.16. The van der Waals surface area contributed by atoms with Crippen molar-refractivity contribution in [1.82, 2.24) is 5.32 Å². The van der Waals surface area contributed by atoms with Gasteiger partial charge >= 0.3 is 0 Å². The van der Waals surface area contributed by atoms with Gasteiger partial charge in [0.15, 0.2) is 0 Å². The second-order valence-electron chi connectivity index (χ2n) is 5.53. The molecule has 0 bridgehead atoms. The van der Waals surface area contributed by atoms with Gasteiger partial charge in [0.1, 0.15) is 5.82 Å². The van der Waals surface area contributed by atoms with E-state index in [2.05, 4.69) is 44.8 Å². The number of benzene rings is 1. The largest absolute Gasteiger partial charge is 0.371 e. The monoisotopic (exact) mass is 280 g/mol. The summed E-state index contributed by atoms with van der Waals surface area (Å²) in [5.74, 6) is 0.482. The van der Waals surface area contributed by atoms with E-state index in [9.17, 15) is 4.39 Å². The van der Waals surface area contributed by atoms with Crippen molar-refractivity contribution in [3.63, 3.8) is 0 Å². The van der Waals surface area contributed by atoms with Crippen LogP contribution in [0.4, 0.5) is 10.1 Å². The van der Waals surface area contributed by atoms with Crippen LogP contribution in [0.1, 0.15) is 52.6 Å². The summed E-state index contributed by atoms with van der Waals surface area (Å²) < 4.78 is 13.6. The number of hydrogen-bond donors (Lipinski definition) is 1. The van der Waals surface area contributed by atoms with Crippen LogP contribution in [0.2, 0.25) is 0 Å². The third kappa shape index (κ3) is 4.48. The standard InChI is InChI=1S/C17H29FN2/c1-6-13(4)12-20(8-3)17-10-9-15(18)11-16(17)14(5)19-7-2/h9-11,13-14,19H,6-8,12H2,1-5H3. The van der Waals surface area contributed by atoms with E-state index < -0.39 is 0 Å². The molecule has 3 heteroatoms. The highest BCUT2D eigenvalue weighted by Gasteiger charge is 2.16. The van der Waals surface area contributed by atoms with Crippen LogP contribution in [0, 0.1) is 11.7 Å². The number of rotatable bonds is 8. The lowest BCUT2D eigenvalue weighted by molar-refractivity contribution is 0.540. The summed E-state index contributed by atoms with van der Waals surface area (Å²) >= 11 is 0. The van der Waals surface area contributed by atoms with Gasteiger partial charge in [0.25, 0.3) is 0 Å². The average molecular weight is 280 g/mol. The van der Waals surface area contributed by atoms with Crippen molar-refractivity contribution in [3.8, 4) is 0 Å². The van der Waals surface area contributed by atoms with E-state index in [-0.39, 0.29) is 11.9 Å². The molecule has 0 saturated heterocycles. The van der Waals surface area contributed by atoms with Gasteiger partial charge in [0.2, 0.25) is 0 Å². The molecule has 2 unspecified atom stereocenters. The SMILES string of the molecule is CCNC(C)c1cc(F)ccc1N(CC)CC(C)CC. The molecule has 0 aliphatic rings. The molecule has 2 atom stereocenters. The molecular formula is C17H29FN2. The van der Waals surface area contributed by atoms with Crippen LogP contribution in [0.3, 0.4) is 0 Å². The summed E-state index contributed by atoms with van der Waals surface area (Å²) in [7, 11) is 0. The van der Waals surface area contributed by atoms with Crippen molar-refractivity contribution in [3.05, 3.63) is 29.6 Å². The number of hydrogen-bond acceptors (Lipinski definition) is 2. The minimum atomic E-state index is -0.159. The summed E-state index contributed by atoms with van der Waals surface area (Å²) in [6.45, 7) is 13.7. The zero-order valence-electron chi connectivity index (χ0n) is 13.5. The van der Waals surface area contributed by atoms with Crippen molar-refractivity contribution >= 4 is 5.69 Å². The quantitative estimate of drug-likeness (QED) is 0.760. The predicted molar refractivity (Wildman–Crippen MR) is 85.8 cm³/mol. The van der Waals surface area contributed by atoms with Crippen LogP contribution in [0.5, 0.6) is 0 Å². The second-order valence-corrected chi connectivity index (χ2v) is 5.53. The molecule has 0 heterocycles. The van der Waals surface area contributed by atoms with E-state index in [1.165, 1.54) is 0 Å². The van der Waals surface area contributed by atoms with Crippen molar-refractivity contribution < 1.29 is 4.39 Å². The van der Waals surface area contributed by atoms with E-state index in [1.54, 1.807) is 12.1 Å². The summed E-state index contributed by atoms with van der Waals surface area (Å²) in [6, 6.07) is 5.32. The molecule has 1 N–H and O–H groups in total. The van der Waals surface area contributed by atoms with Gasteiger partial charge in [-0.3, -0.25) is 0 Å². The maximum atomic E-state index is 13.6. The van der Waals surface area contributed by atoms with Crippen LogP contribution in [0.15, 0.2) is 18.2 Å². The molecular weight excluding hydrogens is 251 g/mol. The zero-order valence-corrected chi connectivity index (χ0v) is 13.5. The lowest BCUT2D eigenvalue weighted by Gasteiger charge is -2.30. The second kappa shape index (κ2) is 8.25. The highest BCUT2D eigenvalue weighted by molar-refractivity contribution is 5.55. The number of nitrogens with one attached hydrogen (secondary N) is 1. The van der Waals surface area contributed by atoms with Gasteiger partial charge in [-0.15, -0.1) is 0 Å². The van der Waals surface area contributed by atoms with E-state index in [0.717, 1.165) is 37.3 Å². The molecule has 1 rings (SSSR count). The molecule has 1 aromatic rings. The van der Waals surface area contributed by atoms with Gasteiger partial charge in [-0.25, -0.2) is 4.39 Å². The van der Waals surface area contributed by atoms with Gasteiger partial charge in [0, 0.05) is 24.8 Å². The minimum absolute atomic E-state index is 0.159. The predicted octanol–water partition coefficient (Wildman–Crippen LogP) is 4.37. The van der Waals surface area contributed by atoms with Crippen molar-refractivity contribution in [2.75, 3.05) is 24.5 Å². The Morgan fingerprint density at radius 3 is 2.45 bits per heavy atom. The Hall–Kier alpha value is -1.09. The third-order valence-electron chi connectivity index (χ3n) is 3.92. The van der Waals surface area contributed by atoms with Crippen molar-refractivity contribution in [2.45, 2.75) is 47.1 Å². The molecule has 20 heavy (non-hydrogen) atoms. The Morgan fingerprint density at radius 2 is 1.90 bits per heavy atom. The zero-order chi connectivity index (χ0) is 15.1. The molecule has 0 saturated carbocycles. The van der Waals surface area contributed by atoms with Gasteiger partial charge in [0.05, 0.1) is 0 Å². The minimum Gasteiger partial charge on any atom is -0.371 e. The Bertz CT molecular complexity index is 406. The Morgan fingerprint density at radius 1 is 1.20 bits per heavy atom. The van der Waals surface area contributed by atoms with Gasteiger partial charge in [-0.05, 0) is 50.1 Å². The number of halogens is 1. The van der Waals surface area contributed by atoms with Crippen molar-refractivity contribution in [2.24, 2.45) is 5.92 Å². The highest BCUT2D eigenvalue weighted by Crippen LogP contribution is 2.28. The molecule has 0 aliphatic carbocycles. The van der Waals surface area contributed by atoms with E-state index in [1.807, 2.05) is 6.07 Å². The maximum Gasteiger partial charge on any atom is 0.123 e. The van der Waals surface area contributed by atoms with Crippen molar-refractivity contribution in [1.29, 1.82) is 0 Å². The molecule has 0 radical (unpaired) electrons. The van der Waals surface area contributed by atoms with Gasteiger partial charge in [-0.1, -0.05) is 27.2 Å². The first-order valence-corrected chi connectivity index (χ1v) is 7.81. The summed E-state index contributed by atoms with van der Waals surface area (Å²) in [5.41, 5.74) is 2.21. The number of anilines is 1. The van der Waals surface area contributed by atoms with E-state index in [4.69, 9.17) is 0 Å². The van der Waals surface area contributed by atoms with E-state index in [0.29, 0.717) is 5.92 Å². The Kier molecular flexibility index (Phi) is 7.00. The summed E-state index contributed by atoms with van der Waals surface area (Å²) in [5, 5.41) is 3.38. The van der Waals surface area contributed by atoms with Crippen LogP contribution >= 0.6 is 0 Å². The highest BCUT2D eigenvalue weighted by atomic mass is 19.1. The van der Waals surface area contributed by atoms with Crippen LogP contribution in [-0.4, -0.2) is 19.6 Å². The molecule has 114 valence electrons. The summed E-state index contributed by atoms with van der Waals surface area (Å²) in [4.78, 5) is 2.36. The fraction of sp³-hybridized carbons (Fsp3) is 0.647. The molecule has 0 spiro atoms. The third-order valence-corrected chi connectivity index (χ3v) is 3.92. The maximum absolute atomic E-state index is 13.6. The first-order chi connectivity index (χ1) is 9.53. The van der Waals surface area contributed by atoms with Crippen LogP contribution < -0.4 is 10.2 Å². The first kappa shape index (κ1) is 17.0. The normalized spacial score (nSPS) is 14.1. The first-order valence-electron chi connectivity index (χ1n) is 7.81. The number of nitrogens with zero attached hydrogens (tertiary/aromatic N) is 1. The average Bonchev–Trinajstić information content (AvgIpc) is 2.45. The van der Waals surface area contributed by atoms with Crippen LogP contribution in [-0.2, 0) is 0 Å². The molecule has 0 aliphatic heterocycles. The molecule has 2 nitrogen and oxygen atoms in total. The topological polar surface area (TPSA) is 15.3 Å².